The molecule has 0 saturated carbocycles. The van der Waals surface area contributed by atoms with E-state index in [1.807, 2.05) is 55.3 Å². The van der Waals surface area contributed by atoms with Gasteiger partial charge in [-0.2, -0.15) is 0 Å². The van der Waals surface area contributed by atoms with Gasteiger partial charge in [-0.3, -0.25) is 19.5 Å². The molecule has 2 amide bonds. The third-order valence-corrected chi connectivity index (χ3v) is 5.80. The molecule has 2 heterocycles. The molecule has 2 aromatic rings. The molecule has 1 aliphatic rings. The standard InChI is InChI=1S/C25H34N4O3/c1-3-28(4-2)25(31)20-32-23-17-27(16-22-11-8-13-26-15-22)19-24(30)29(18-23)14-12-21-9-6-5-7-10-21/h5-11,13,15,23H,3-4,12,14,16-20H2,1-2H3/t23-/m1/s1. The molecule has 1 atom stereocenters. The number of carbonyl (C=O) groups is 2. The lowest BCUT2D eigenvalue weighted by atomic mass is 10.1. The first-order chi connectivity index (χ1) is 15.6. The molecule has 1 aliphatic heterocycles. The van der Waals surface area contributed by atoms with Crippen LogP contribution in [0.25, 0.3) is 0 Å². The van der Waals surface area contributed by atoms with Gasteiger partial charge in [0.25, 0.3) is 0 Å². The minimum Gasteiger partial charge on any atom is -0.365 e. The molecule has 172 valence electrons. The number of benzene rings is 1. The van der Waals surface area contributed by atoms with Gasteiger partial charge in [0.15, 0.2) is 0 Å². The van der Waals surface area contributed by atoms with E-state index in [4.69, 9.17) is 4.74 Å². The average molecular weight is 439 g/mol. The van der Waals surface area contributed by atoms with Crippen LogP contribution in [0.15, 0.2) is 54.9 Å². The number of rotatable bonds is 10. The maximum atomic E-state index is 13.1. The fourth-order valence-corrected chi connectivity index (χ4v) is 4.01. The maximum Gasteiger partial charge on any atom is 0.248 e. The summed E-state index contributed by atoms with van der Waals surface area (Å²) in [4.78, 5) is 35.4. The van der Waals surface area contributed by atoms with Gasteiger partial charge in [-0.05, 0) is 37.5 Å². The second-order valence-electron chi connectivity index (χ2n) is 8.11. The summed E-state index contributed by atoms with van der Waals surface area (Å²) in [7, 11) is 0. The largest absolute Gasteiger partial charge is 0.365 e. The van der Waals surface area contributed by atoms with E-state index >= 15 is 0 Å². The molecule has 0 bridgehead atoms. The first kappa shape index (κ1) is 23.9. The van der Waals surface area contributed by atoms with Crippen LogP contribution in [-0.4, -0.2) is 83.5 Å². The summed E-state index contributed by atoms with van der Waals surface area (Å²) < 4.78 is 6.07. The number of ether oxygens (including phenoxy) is 1. The molecule has 1 saturated heterocycles. The van der Waals surface area contributed by atoms with Crippen molar-refractivity contribution in [3.05, 3.63) is 66.0 Å². The highest BCUT2D eigenvalue weighted by Gasteiger charge is 2.29. The van der Waals surface area contributed by atoms with E-state index in [0.29, 0.717) is 45.8 Å². The molecule has 1 fully saturated rings. The Morgan fingerprint density at radius 2 is 1.84 bits per heavy atom. The summed E-state index contributed by atoms with van der Waals surface area (Å²) in [6, 6.07) is 14.1. The van der Waals surface area contributed by atoms with Crippen LogP contribution in [0.4, 0.5) is 0 Å². The minimum absolute atomic E-state index is 0.0137. The van der Waals surface area contributed by atoms with Gasteiger partial charge in [0.2, 0.25) is 11.8 Å². The average Bonchev–Trinajstić information content (AvgIpc) is 2.96. The fourth-order valence-electron chi connectivity index (χ4n) is 4.01. The van der Waals surface area contributed by atoms with Gasteiger partial charge in [0.1, 0.15) is 6.61 Å². The summed E-state index contributed by atoms with van der Waals surface area (Å²) in [5, 5.41) is 0. The van der Waals surface area contributed by atoms with Crippen molar-refractivity contribution in [2.75, 3.05) is 45.9 Å². The molecule has 1 aromatic carbocycles. The predicted molar refractivity (Wildman–Crippen MR) is 124 cm³/mol. The van der Waals surface area contributed by atoms with Crippen LogP contribution in [0.2, 0.25) is 0 Å². The highest BCUT2D eigenvalue weighted by atomic mass is 16.5. The van der Waals surface area contributed by atoms with Gasteiger partial charge in [-0.1, -0.05) is 36.4 Å². The Labute approximate surface area is 191 Å². The topological polar surface area (TPSA) is 66.0 Å². The lowest BCUT2D eigenvalue weighted by Gasteiger charge is -2.26. The smallest absolute Gasteiger partial charge is 0.248 e. The van der Waals surface area contributed by atoms with Crippen LogP contribution in [-0.2, 0) is 27.3 Å². The lowest BCUT2D eigenvalue weighted by Crippen LogP contribution is -2.41. The van der Waals surface area contributed by atoms with Crippen LogP contribution in [0.3, 0.4) is 0 Å². The number of carbonyl (C=O) groups excluding carboxylic acids is 2. The van der Waals surface area contributed by atoms with Crippen molar-refractivity contribution < 1.29 is 14.3 Å². The van der Waals surface area contributed by atoms with Crippen LogP contribution in [0.5, 0.6) is 0 Å². The van der Waals surface area contributed by atoms with Crippen molar-refractivity contribution in [3.63, 3.8) is 0 Å². The van der Waals surface area contributed by atoms with Gasteiger partial charge < -0.3 is 14.5 Å². The molecule has 0 aliphatic carbocycles. The number of hydrogen-bond donors (Lipinski definition) is 0. The zero-order chi connectivity index (χ0) is 22.8. The minimum atomic E-state index is -0.228. The highest BCUT2D eigenvalue weighted by molar-refractivity contribution is 5.79. The number of hydrogen-bond acceptors (Lipinski definition) is 5. The van der Waals surface area contributed by atoms with E-state index in [1.165, 1.54) is 5.56 Å². The summed E-state index contributed by atoms with van der Waals surface area (Å²) in [6.07, 6.45) is 4.13. The van der Waals surface area contributed by atoms with E-state index in [1.54, 1.807) is 11.1 Å². The zero-order valence-electron chi connectivity index (χ0n) is 19.2. The van der Waals surface area contributed by atoms with Gasteiger partial charge >= 0.3 is 0 Å². The molecule has 7 heteroatoms. The van der Waals surface area contributed by atoms with Crippen LogP contribution in [0.1, 0.15) is 25.0 Å². The second-order valence-corrected chi connectivity index (χ2v) is 8.11. The van der Waals surface area contributed by atoms with Crippen LogP contribution in [0, 0.1) is 0 Å². The molecular weight excluding hydrogens is 404 g/mol. The number of likely N-dealkylation sites (N-methyl/N-ethyl adjacent to an activating group) is 1. The molecule has 0 radical (unpaired) electrons. The van der Waals surface area contributed by atoms with E-state index in [-0.39, 0.29) is 24.5 Å². The molecule has 32 heavy (non-hydrogen) atoms. The van der Waals surface area contributed by atoms with Crippen molar-refractivity contribution in [3.8, 4) is 0 Å². The van der Waals surface area contributed by atoms with E-state index in [9.17, 15) is 9.59 Å². The third-order valence-electron chi connectivity index (χ3n) is 5.80. The Kier molecular flexibility index (Phi) is 9.19. The van der Waals surface area contributed by atoms with Crippen molar-refractivity contribution in [2.45, 2.75) is 32.9 Å². The number of nitrogens with zero attached hydrogens (tertiary/aromatic N) is 4. The van der Waals surface area contributed by atoms with E-state index in [0.717, 1.165) is 12.0 Å². The lowest BCUT2D eigenvalue weighted by molar-refractivity contribution is -0.138. The molecule has 0 spiro atoms. The van der Waals surface area contributed by atoms with E-state index < -0.39 is 0 Å². The molecular formula is C25H34N4O3. The van der Waals surface area contributed by atoms with E-state index in [2.05, 4.69) is 22.0 Å². The molecule has 1 aromatic heterocycles. The van der Waals surface area contributed by atoms with Crippen molar-refractivity contribution in [2.24, 2.45) is 0 Å². The Bertz CT molecular complexity index is 843. The fraction of sp³-hybridized carbons (Fsp3) is 0.480. The Hall–Kier alpha value is -2.77. The first-order valence-corrected chi connectivity index (χ1v) is 11.4. The normalized spacial score (nSPS) is 17.2. The predicted octanol–water partition coefficient (Wildman–Crippen LogP) is 2.22. The van der Waals surface area contributed by atoms with Crippen molar-refractivity contribution in [1.82, 2.24) is 19.7 Å². The monoisotopic (exact) mass is 438 g/mol. The summed E-state index contributed by atoms with van der Waals surface area (Å²) in [5.41, 5.74) is 2.25. The van der Waals surface area contributed by atoms with Crippen molar-refractivity contribution in [1.29, 1.82) is 0 Å². The quantitative estimate of drug-likeness (QED) is 0.569. The van der Waals surface area contributed by atoms with Gasteiger partial charge in [0.05, 0.1) is 12.6 Å². The van der Waals surface area contributed by atoms with Gasteiger partial charge in [-0.25, -0.2) is 0 Å². The molecule has 0 N–H and O–H groups in total. The number of aromatic nitrogens is 1. The van der Waals surface area contributed by atoms with Gasteiger partial charge in [-0.15, -0.1) is 0 Å². The number of pyridine rings is 1. The van der Waals surface area contributed by atoms with Crippen molar-refractivity contribution >= 4 is 11.8 Å². The maximum absolute atomic E-state index is 13.1. The molecule has 7 nitrogen and oxygen atoms in total. The second kappa shape index (κ2) is 12.3. The highest BCUT2D eigenvalue weighted by Crippen LogP contribution is 2.13. The summed E-state index contributed by atoms with van der Waals surface area (Å²) in [6.45, 7) is 7.95. The Morgan fingerprint density at radius 3 is 2.53 bits per heavy atom. The number of amides is 2. The van der Waals surface area contributed by atoms with Crippen LogP contribution < -0.4 is 0 Å². The van der Waals surface area contributed by atoms with Gasteiger partial charge in [0, 0.05) is 51.7 Å². The zero-order valence-corrected chi connectivity index (χ0v) is 19.2. The molecule has 3 rings (SSSR count). The summed E-state index contributed by atoms with van der Waals surface area (Å²) >= 11 is 0. The third kappa shape index (κ3) is 7.14. The summed E-state index contributed by atoms with van der Waals surface area (Å²) in [5.74, 6) is 0.0752. The SMILES string of the molecule is CCN(CC)C(=O)CO[C@@H]1CN(Cc2cccnc2)CC(=O)N(CCc2ccccc2)C1. The Balaban J connectivity index is 1.67. The Morgan fingerprint density at radius 1 is 1.09 bits per heavy atom. The first-order valence-electron chi connectivity index (χ1n) is 11.4. The van der Waals surface area contributed by atoms with Crippen LogP contribution >= 0.6 is 0 Å². The molecule has 0 unspecified atom stereocenters.